The molecule has 86 valence electrons. The summed E-state index contributed by atoms with van der Waals surface area (Å²) in [5.74, 6) is -1.36. The van der Waals surface area contributed by atoms with Gasteiger partial charge in [0.2, 0.25) is 0 Å². The minimum atomic E-state index is -3.18. The Hall–Kier alpha value is -1.83. The molecule has 0 aliphatic rings. The molecule has 6 nitrogen and oxygen atoms in total. The van der Waals surface area contributed by atoms with Gasteiger partial charge in [0.25, 0.3) is 12.3 Å². The van der Waals surface area contributed by atoms with Crippen molar-refractivity contribution in [2.45, 2.75) is 6.43 Å². The Morgan fingerprint density at radius 2 is 2.19 bits per heavy atom. The van der Waals surface area contributed by atoms with E-state index in [-0.39, 0.29) is 0 Å². The summed E-state index contributed by atoms with van der Waals surface area (Å²) in [6.07, 6.45) is -2.57. The second-order valence-electron chi connectivity index (χ2n) is 2.64. The fraction of sp³-hybridized carbons (Fsp3) is 0.143. The van der Waals surface area contributed by atoms with Crippen molar-refractivity contribution in [2.24, 2.45) is 5.73 Å². The lowest BCUT2D eigenvalue weighted by molar-refractivity contribution is -0.385. The van der Waals surface area contributed by atoms with E-state index in [2.05, 4.69) is 4.98 Å². The Kier molecular flexibility index (Phi) is 3.33. The van der Waals surface area contributed by atoms with Gasteiger partial charge in [0.1, 0.15) is 16.9 Å². The molecule has 1 amide bonds. The van der Waals surface area contributed by atoms with E-state index in [9.17, 15) is 23.7 Å². The van der Waals surface area contributed by atoms with E-state index in [0.717, 1.165) is 0 Å². The predicted molar refractivity (Wildman–Crippen MR) is 49.4 cm³/mol. The highest BCUT2D eigenvalue weighted by Crippen LogP contribution is 2.33. The predicted octanol–water partition coefficient (Wildman–Crippen LogP) is 1.68. The SMILES string of the molecule is NC(=O)c1c([N+](=O)[O-])cnc(Cl)c1C(F)F. The van der Waals surface area contributed by atoms with Crippen LogP contribution in [0.4, 0.5) is 14.5 Å². The summed E-state index contributed by atoms with van der Waals surface area (Å²) >= 11 is 5.32. The molecule has 0 unspecified atom stereocenters. The molecule has 0 aliphatic heterocycles. The molecule has 1 rings (SSSR count). The first-order valence-corrected chi connectivity index (χ1v) is 4.14. The van der Waals surface area contributed by atoms with Crippen LogP contribution in [-0.4, -0.2) is 15.8 Å². The number of pyridine rings is 1. The summed E-state index contributed by atoms with van der Waals surface area (Å²) in [4.78, 5) is 23.6. The highest BCUT2D eigenvalue weighted by molar-refractivity contribution is 6.30. The van der Waals surface area contributed by atoms with Crippen LogP contribution < -0.4 is 5.73 Å². The van der Waals surface area contributed by atoms with Crippen LogP contribution in [0, 0.1) is 10.1 Å². The number of aromatic nitrogens is 1. The molecule has 1 aromatic heterocycles. The molecule has 0 radical (unpaired) electrons. The second kappa shape index (κ2) is 4.35. The summed E-state index contributed by atoms with van der Waals surface area (Å²) in [6, 6.07) is 0. The molecule has 0 atom stereocenters. The normalized spacial score (nSPS) is 10.5. The Labute approximate surface area is 92.2 Å². The molecule has 0 aromatic carbocycles. The average molecular weight is 252 g/mol. The van der Waals surface area contributed by atoms with Crippen molar-refractivity contribution < 1.29 is 18.5 Å². The van der Waals surface area contributed by atoms with Crippen molar-refractivity contribution in [3.8, 4) is 0 Å². The monoisotopic (exact) mass is 251 g/mol. The fourth-order valence-electron chi connectivity index (χ4n) is 1.09. The smallest absolute Gasteiger partial charge is 0.300 e. The van der Waals surface area contributed by atoms with Crippen molar-refractivity contribution in [3.63, 3.8) is 0 Å². The minimum Gasteiger partial charge on any atom is -0.365 e. The number of hydrogen-bond acceptors (Lipinski definition) is 4. The highest BCUT2D eigenvalue weighted by atomic mass is 35.5. The largest absolute Gasteiger partial charge is 0.365 e. The van der Waals surface area contributed by atoms with Crippen LogP contribution in [0.2, 0.25) is 5.15 Å². The van der Waals surface area contributed by atoms with E-state index in [1.54, 1.807) is 0 Å². The number of hydrogen-bond donors (Lipinski definition) is 1. The average Bonchev–Trinajstić information content (AvgIpc) is 2.15. The second-order valence-corrected chi connectivity index (χ2v) is 3.00. The van der Waals surface area contributed by atoms with E-state index in [1.807, 2.05) is 0 Å². The molecule has 0 fully saturated rings. The first kappa shape index (κ1) is 12.2. The maximum Gasteiger partial charge on any atom is 0.300 e. The number of nitrogens with two attached hydrogens (primary N) is 1. The zero-order valence-electron chi connectivity index (χ0n) is 7.49. The van der Waals surface area contributed by atoms with E-state index >= 15 is 0 Å². The van der Waals surface area contributed by atoms with Crippen molar-refractivity contribution in [2.75, 3.05) is 0 Å². The third-order valence-electron chi connectivity index (χ3n) is 1.71. The van der Waals surface area contributed by atoms with Gasteiger partial charge in [-0.05, 0) is 0 Å². The molecule has 0 saturated heterocycles. The summed E-state index contributed by atoms with van der Waals surface area (Å²) in [6.45, 7) is 0. The lowest BCUT2D eigenvalue weighted by Gasteiger charge is -2.07. The highest BCUT2D eigenvalue weighted by Gasteiger charge is 2.30. The van der Waals surface area contributed by atoms with Gasteiger partial charge in [-0.2, -0.15) is 0 Å². The molecule has 2 N–H and O–H groups in total. The Bertz CT molecular complexity index is 466. The lowest BCUT2D eigenvalue weighted by atomic mass is 10.1. The Morgan fingerprint density at radius 1 is 1.62 bits per heavy atom. The summed E-state index contributed by atoms with van der Waals surface area (Å²) in [5, 5.41) is 9.80. The molecule has 0 saturated carbocycles. The molecule has 16 heavy (non-hydrogen) atoms. The molecule has 1 heterocycles. The van der Waals surface area contributed by atoms with Gasteiger partial charge in [-0.1, -0.05) is 11.6 Å². The van der Waals surface area contributed by atoms with Gasteiger partial charge in [-0.15, -0.1) is 0 Å². The Balaban J connectivity index is 3.63. The number of rotatable bonds is 3. The zero-order valence-corrected chi connectivity index (χ0v) is 8.24. The van der Waals surface area contributed by atoms with E-state index in [1.165, 1.54) is 0 Å². The first-order chi connectivity index (χ1) is 7.36. The maximum atomic E-state index is 12.5. The van der Waals surface area contributed by atoms with Gasteiger partial charge in [0.05, 0.1) is 10.5 Å². The molecule has 0 spiro atoms. The molecule has 9 heteroatoms. The van der Waals surface area contributed by atoms with Crippen LogP contribution >= 0.6 is 11.6 Å². The number of nitro groups is 1. The van der Waals surface area contributed by atoms with Gasteiger partial charge < -0.3 is 5.73 Å². The van der Waals surface area contributed by atoms with Gasteiger partial charge in [0.15, 0.2) is 0 Å². The summed E-state index contributed by atoms with van der Waals surface area (Å²) in [5.41, 5.74) is 1.96. The first-order valence-electron chi connectivity index (χ1n) is 3.77. The number of halogens is 3. The van der Waals surface area contributed by atoms with Crippen LogP contribution in [0.1, 0.15) is 22.3 Å². The molecule has 0 aliphatic carbocycles. The number of carbonyl (C=O) groups excluding carboxylic acids is 1. The van der Waals surface area contributed by atoms with Crippen molar-refractivity contribution in [1.29, 1.82) is 0 Å². The van der Waals surface area contributed by atoms with Crippen molar-refractivity contribution in [3.05, 3.63) is 32.6 Å². The number of carbonyl (C=O) groups is 1. The van der Waals surface area contributed by atoms with Crippen LogP contribution in [-0.2, 0) is 0 Å². The minimum absolute atomic E-state index is 0.605. The van der Waals surface area contributed by atoms with Gasteiger partial charge in [-0.25, -0.2) is 13.8 Å². The van der Waals surface area contributed by atoms with E-state index < -0.39 is 39.2 Å². The lowest BCUT2D eigenvalue weighted by Crippen LogP contribution is -2.17. The standard InChI is InChI=1S/C7H4ClF2N3O3/c8-5-4(6(9)10)3(7(11)14)2(1-12-5)13(15)16/h1,6H,(H2,11,14). The molecular weight excluding hydrogens is 248 g/mol. The topological polar surface area (TPSA) is 99.1 Å². The maximum absolute atomic E-state index is 12.5. The number of nitrogens with zero attached hydrogens (tertiary/aromatic N) is 2. The summed E-state index contributed by atoms with van der Waals surface area (Å²) in [7, 11) is 0. The number of primary amides is 1. The van der Waals surface area contributed by atoms with Crippen molar-refractivity contribution >= 4 is 23.2 Å². The van der Waals surface area contributed by atoms with E-state index in [0.29, 0.717) is 6.20 Å². The molecule has 0 bridgehead atoms. The van der Waals surface area contributed by atoms with E-state index in [4.69, 9.17) is 17.3 Å². The number of alkyl halides is 2. The quantitative estimate of drug-likeness (QED) is 0.502. The number of amides is 1. The van der Waals surface area contributed by atoms with Crippen LogP contribution in [0.15, 0.2) is 6.20 Å². The van der Waals surface area contributed by atoms with Crippen LogP contribution in [0.25, 0.3) is 0 Å². The van der Waals surface area contributed by atoms with Gasteiger partial charge in [-0.3, -0.25) is 14.9 Å². The zero-order chi connectivity index (χ0) is 12.5. The summed E-state index contributed by atoms with van der Waals surface area (Å²) < 4.78 is 25.1. The third-order valence-corrected chi connectivity index (χ3v) is 2.01. The van der Waals surface area contributed by atoms with Crippen LogP contribution in [0.3, 0.4) is 0 Å². The third kappa shape index (κ3) is 2.06. The van der Waals surface area contributed by atoms with Gasteiger partial charge >= 0.3 is 5.69 Å². The van der Waals surface area contributed by atoms with Crippen LogP contribution in [0.5, 0.6) is 0 Å². The Morgan fingerprint density at radius 3 is 2.56 bits per heavy atom. The van der Waals surface area contributed by atoms with Crippen molar-refractivity contribution in [1.82, 2.24) is 4.98 Å². The molecular formula is C7H4ClF2N3O3. The van der Waals surface area contributed by atoms with Gasteiger partial charge in [0, 0.05) is 0 Å². The molecule has 1 aromatic rings. The fourth-order valence-corrected chi connectivity index (χ4v) is 1.32.